The monoisotopic (exact) mass is 352 g/mol. The molecule has 3 aromatic rings. The number of carbonyl (C=O) groups excluding carboxylic acids is 1. The second kappa shape index (κ2) is 7.18. The summed E-state index contributed by atoms with van der Waals surface area (Å²) in [5.74, 6) is -0.112. The Morgan fingerprint density at radius 1 is 1.19 bits per heavy atom. The zero-order valence-corrected chi connectivity index (χ0v) is 14.3. The minimum Gasteiger partial charge on any atom is -0.496 e. The number of pyridine rings is 1. The van der Waals surface area contributed by atoms with Gasteiger partial charge in [-0.3, -0.25) is 15.1 Å². The van der Waals surface area contributed by atoms with Gasteiger partial charge in [-0.2, -0.15) is 0 Å². The predicted octanol–water partition coefficient (Wildman–Crippen LogP) is 3.82. The number of carbonyl (C=O) groups is 1. The molecular formula is C19H16N2O5. The van der Waals surface area contributed by atoms with Crippen LogP contribution < -0.4 is 4.74 Å². The van der Waals surface area contributed by atoms with E-state index in [1.54, 1.807) is 19.1 Å². The average molecular weight is 352 g/mol. The van der Waals surface area contributed by atoms with Gasteiger partial charge in [0.1, 0.15) is 12.4 Å². The quantitative estimate of drug-likeness (QED) is 0.394. The summed E-state index contributed by atoms with van der Waals surface area (Å²) in [6.07, 6.45) is 0. The predicted molar refractivity (Wildman–Crippen MR) is 95.2 cm³/mol. The van der Waals surface area contributed by atoms with Crippen molar-refractivity contribution < 1.29 is 19.2 Å². The average Bonchev–Trinajstić information content (AvgIpc) is 2.64. The lowest BCUT2D eigenvalue weighted by molar-refractivity contribution is -0.385. The highest BCUT2D eigenvalue weighted by molar-refractivity contribution is 6.03. The van der Waals surface area contributed by atoms with Crippen LogP contribution in [0.1, 0.15) is 21.6 Å². The molecule has 1 aromatic heterocycles. The van der Waals surface area contributed by atoms with E-state index in [1.165, 1.54) is 25.3 Å². The first kappa shape index (κ1) is 17.3. The molecule has 7 heteroatoms. The summed E-state index contributed by atoms with van der Waals surface area (Å²) in [7, 11) is 1.45. The lowest BCUT2D eigenvalue weighted by Crippen LogP contribution is -2.08. The fourth-order valence-electron chi connectivity index (χ4n) is 2.69. The number of nitro groups is 1. The molecule has 0 unspecified atom stereocenters. The van der Waals surface area contributed by atoms with Crippen molar-refractivity contribution >= 4 is 22.6 Å². The molecule has 0 aliphatic heterocycles. The van der Waals surface area contributed by atoms with E-state index in [0.717, 1.165) is 0 Å². The van der Waals surface area contributed by atoms with Crippen molar-refractivity contribution in [3.8, 4) is 5.75 Å². The van der Waals surface area contributed by atoms with Crippen molar-refractivity contribution in [1.82, 2.24) is 4.98 Å². The Balaban J connectivity index is 1.88. The van der Waals surface area contributed by atoms with Gasteiger partial charge in [-0.05, 0) is 25.1 Å². The van der Waals surface area contributed by atoms with Crippen LogP contribution in [0.5, 0.6) is 5.75 Å². The van der Waals surface area contributed by atoms with Crippen molar-refractivity contribution in [3.63, 3.8) is 0 Å². The van der Waals surface area contributed by atoms with Crippen LogP contribution in [0, 0.1) is 17.0 Å². The number of fused-ring (bicyclic) bond motifs is 1. The Bertz CT molecular complexity index is 1000. The molecule has 0 saturated heterocycles. The van der Waals surface area contributed by atoms with Gasteiger partial charge in [0, 0.05) is 28.8 Å². The molecule has 0 bridgehead atoms. The van der Waals surface area contributed by atoms with Crippen LogP contribution in [0.15, 0.2) is 48.5 Å². The molecule has 0 atom stereocenters. The Labute approximate surface area is 149 Å². The third-order valence-electron chi connectivity index (χ3n) is 3.90. The van der Waals surface area contributed by atoms with Gasteiger partial charge in [-0.15, -0.1) is 0 Å². The number of benzene rings is 2. The smallest absolute Gasteiger partial charge is 0.339 e. The second-order valence-electron chi connectivity index (χ2n) is 5.66. The topological polar surface area (TPSA) is 91.6 Å². The first-order valence-electron chi connectivity index (χ1n) is 7.84. The van der Waals surface area contributed by atoms with E-state index in [-0.39, 0.29) is 12.3 Å². The largest absolute Gasteiger partial charge is 0.496 e. The highest BCUT2D eigenvalue weighted by atomic mass is 16.6. The summed E-state index contributed by atoms with van der Waals surface area (Å²) in [6.45, 7) is 1.66. The van der Waals surface area contributed by atoms with Gasteiger partial charge in [-0.1, -0.05) is 18.2 Å². The van der Waals surface area contributed by atoms with Crippen LogP contribution in [-0.4, -0.2) is 23.0 Å². The Kier molecular flexibility index (Phi) is 4.79. The van der Waals surface area contributed by atoms with Crippen LogP contribution in [-0.2, 0) is 11.3 Å². The van der Waals surface area contributed by atoms with Crippen molar-refractivity contribution in [2.75, 3.05) is 7.11 Å². The van der Waals surface area contributed by atoms with Gasteiger partial charge < -0.3 is 9.47 Å². The molecule has 0 saturated carbocycles. The fraction of sp³-hybridized carbons (Fsp3) is 0.158. The standard InChI is InChI=1S/C19H16N2O5/c1-12-9-16(15-5-3-4-6-17(15)20-12)19(22)26-11-13-10-14(21(23)24)7-8-18(13)25-2/h3-10H,11H2,1-2H3. The normalized spacial score (nSPS) is 10.5. The number of non-ortho nitro benzene ring substituents is 1. The lowest BCUT2D eigenvalue weighted by Gasteiger charge is -2.11. The number of aromatic nitrogens is 1. The zero-order chi connectivity index (χ0) is 18.7. The maximum Gasteiger partial charge on any atom is 0.339 e. The van der Waals surface area contributed by atoms with E-state index in [9.17, 15) is 14.9 Å². The van der Waals surface area contributed by atoms with Crippen LogP contribution >= 0.6 is 0 Å². The highest BCUT2D eigenvalue weighted by Gasteiger charge is 2.16. The molecule has 132 valence electrons. The molecule has 0 radical (unpaired) electrons. The molecule has 0 aliphatic rings. The Morgan fingerprint density at radius 3 is 2.69 bits per heavy atom. The fourth-order valence-corrected chi connectivity index (χ4v) is 2.69. The van der Waals surface area contributed by atoms with E-state index in [0.29, 0.717) is 33.5 Å². The molecule has 0 amide bonds. The number of para-hydroxylation sites is 1. The summed E-state index contributed by atoms with van der Waals surface area (Å²) in [4.78, 5) is 27.4. The van der Waals surface area contributed by atoms with Gasteiger partial charge in [-0.25, -0.2) is 4.79 Å². The molecule has 26 heavy (non-hydrogen) atoms. The number of nitro benzene ring substituents is 1. The number of aryl methyl sites for hydroxylation is 1. The first-order chi connectivity index (χ1) is 12.5. The zero-order valence-electron chi connectivity index (χ0n) is 14.3. The lowest BCUT2D eigenvalue weighted by atomic mass is 10.1. The molecule has 0 N–H and O–H groups in total. The summed E-state index contributed by atoms with van der Waals surface area (Å²) < 4.78 is 10.6. The van der Waals surface area contributed by atoms with Gasteiger partial charge >= 0.3 is 5.97 Å². The minimum absolute atomic E-state index is 0.0953. The third kappa shape index (κ3) is 3.46. The number of nitrogens with zero attached hydrogens (tertiary/aromatic N) is 2. The number of ether oxygens (including phenoxy) is 2. The van der Waals surface area contributed by atoms with Crippen LogP contribution in [0.4, 0.5) is 5.69 Å². The van der Waals surface area contributed by atoms with E-state index >= 15 is 0 Å². The van der Waals surface area contributed by atoms with E-state index in [2.05, 4.69) is 4.98 Å². The number of hydrogen-bond acceptors (Lipinski definition) is 6. The molecule has 2 aromatic carbocycles. The molecular weight excluding hydrogens is 336 g/mol. The number of esters is 1. The molecule has 1 heterocycles. The van der Waals surface area contributed by atoms with E-state index < -0.39 is 10.9 Å². The molecule has 0 aliphatic carbocycles. The number of methoxy groups -OCH3 is 1. The summed E-state index contributed by atoms with van der Waals surface area (Å²) in [5, 5.41) is 11.6. The summed E-state index contributed by atoms with van der Waals surface area (Å²) >= 11 is 0. The highest BCUT2D eigenvalue weighted by Crippen LogP contribution is 2.26. The number of rotatable bonds is 5. The first-order valence-corrected chi connectivity index (χ1v) is 7.84. The van der Waals surface area contributed by atoms with Crippen LogP contribution in [0.2, 0.25) is 0 Å². The Morgan fingerprint density at radius 2 is 1.96 bits per heavy atom. The summed E-state index contributed by atoms with van der Waals surface area (Å²) in [5.41, 5.74) is 2.13. The number of hydrogen-bond donors (Lipinski definition) is 0. The molecule has 7 nitrogen and oxygen atoms in total. The third-order valence-corrected chi connectivity index (χ3v) is 3.90. The van der Waals surface area contributed by atoms with Crippen molar-refractivity contribution in [1.29, 1.82) is 0 Å². The van der Waals surface area contributed by atoms with Crippen molar-refractivity contribution in [3.05, 3.63) is 75.5 Å². The van der Waals surface area contributed by atoms with Gasteiger partial charge in [0.25, 0.3) is 5.69 Å². The Hall–Kier alpha value is -3.48. The van der Waals surface area contributed by atoms with Crippen molar-refractivity contribution in [2.45, 2.75) is 13.5 Å². The molecule has 0 fully saturated rings. The van der Waals surface area contributed by atoms with E-state index in [4.69, 9.17) is 9.47 Å². The summed E-state index contributed by atoms with van der Waals surface area (Å²) in [6, 6.07) is 13.1. The second-order valence-corrected chi connectivity index (χ2v) is 5.66. The van der Waals surface area contributed by atoms with Crippen molar-refractivity contribution in [2.24, 2.45) is 0 Å². The molecule has 0 spiro atoms. The maximum atomic E-state index is 12.6. The van der Waals surface area contributed by atoms with Gasteiger partial charge in [0.2, 0.25) is 0 Å². The minimum atomic E-state index is -0.528. The van der Waals surface area contributed by atoms with Crippen LogP contribution in [0.25, 0.3) is 10.9 Å². The van der Waals surface area contributed by atoms with Gasteiger partial charge in [0.05, 0.1) is 23.1 Å². The SMILES string of the molecule is COc1ccc([N+](=O)[O-])cc1COC(=O)c1cc(C)nc2ccccc12. The van der Waals surface area contributed by atoms with E-state index in [1.807, 2.05) is 18.2 Å². The van der Waals surface area contributed by atoms with Gasteiger partial charge in [0.15, 0.2) is 0 Å². The molecule has 3 rings (SSSR count). The maximum absolute atomic E-state index is 12.6. The van der Waals surface area contributed by atoms with Crippen LogP contribution in [0.3, 0.4) is 0 Å².